The van der Waals surface area contributed by atoms with Gasteiger partial charge >= 0.3 is 6.18 Å². The van der Waals surface area contributed by atoms with Crippen LogP contribution in [0.5, 0.6) is 0 Å². The summed E-state index contributed by atoms with van der Waals surface area (Å²) >= 11 is 1.08. The van der Waals surface area contributed by atoms with Crippen LogP contribution >= 0.6 is 11.8 Å². The molecule has 0 fully saturated rings. The van der Waals surface area contributed by atoms with E-state index in [0.717, 1.165) is 30.3 Å². The van der Waals surface area contributed by atoms with Crippen LogP contribution in [0, 0.1) is 0 Å². The van der Waals surface area contributed by atoms with Crippen LogP contribution in [0.3, 0.4) is 0 Å². The van der Waals surface area contributed by atoms with Crippen LogP contribution in [0.4, 0.5) is 18.9 Å². The van der Waals surface area contributed by atoms with E-state index in [2.05, 4.69) is 19.2 Å². The van der Waals surface area contributed by atoms with Gasteiger partial charge in [0.15, 0.2) is 0 Å². The maximum absolute atomic E-state index is 12.7. The van der Waals surface area contributed by atoms with Gasteiger partial charge in [0.1, 0.15) is 0 Å². The van der Waals surface area contributed by atoms with Crippen molar-refractivity contribution < 1.29 is 18.0 Å². The number of hydrogen-bond acceptors (Lipinski definition) is 2. The lowest BCUT2D eigenvalue weighted by molar-refractivity contribution is -0.137. The van der Waals surface area contributed by atoms with Gasteiger partial charge in [0, 0.05) is 10.6 Å². The number of nitrogens with one attached hydrogen (secondary N) is 1. The van der Waals surface area contributed by atoms with Crippen LogP contribution in [-0.2, 0) is 11.0 Å². The highest BCUT2D eigenvalue weighted by molar-refractivity contribution is 8.00. The van der Waals surface area contributed by atoms with Crippen molar-refractivity contribution in [3.8, 4) is 0 Å². The Morgan fingerprint density at radius 2 is 1.84 bits per heavy atom. The zero-order chi connectivity index (χ0) is 18.4. The Bertz CT molecular complexity index is 713. The van der Waals surface area contributed by atoms with Crippen LogP contribution in [0.2, 0.25) is 0 Å². The van der Waals surface area contributed by atoms with Gasteiger partial charge < -0.3 is 5.32 Å². The third kappa shape index (κ3) is 5.81. The molecule has 134 valence electrons. The molecule has 0 saturated heterocycles. The fraction of sp³-hybridized carbons (Fsp3) is 0.316. The number of amides is 1. The van der Waals surface area contributed by atoms with Crippen molar-refractivity contribution in [2.24, 2.45) is 0 Å². The lowest BCUT2D eigenvalue weighted by Crippen LogP contribution is -2.14. The summed E-state index contributed by atoms with van der Waals surface area (Å²) in [6.45, 7) is 4.25. The Morgan fingerprint density at radius 1 is 1.16 bits per heavy atom. The second-order valence-electron chi connectivity index (χ2n) is 5.79. The molecule has 0 unspecified atom stereocenters. The molecule has 0 aliphatic carbocycles. The smallest absolute Gasteiger partial charge is 0.325 e. The zero-order valence-electron chi connectivity index (χ0n) is 14.1. The Kier molecular flexibility index (Phi) is 6.53. The summed E-state index contributed by atoms with van der Waals surface area (Å²) < 4.78 is 38.0. The minimum absolute atomic E-state index is 0.0500. The molecule has 2 aromatic carbocycles. The first kappa shape index (κ1) is 19.4. The van der Waals surface area contributed by atoms with E-state index >= 15 is 0 Å². The maximum Gasteiger partial charge on any atom is 0.416 e. The molecule has 0 bridgehead atoms. The SMILES string of the molecule is CC[C@H](C)c1ccc(NC(=O)CSc2cccc(C(F)(F)F)c2)cc1. The maximum atomic E-state index is 12.7. The van der Waals surface area contributed by atoms with E-state index in [9.17, 15) is 18.0 Å². The Balaban J connectivity index is 1.91. The van der Waals surface area contributed by atoms with E-state index < -0.39 is 11.7 Å². The summed E-state index contributed by atoms with van der Waals surface area (Å²) in [7, 11) is 0. The fourth-order valence-corrected chi connectivity index (χ4v) is 2.99. The fourth-order valence-electron chi connectivity index (χ4n) is 2.24. The molecule has 0 aliphatic heterocycles. The number of carbonyl (C=O) groups excluding carboxylic acids is 1. The molecule has 2 rings (SSSR count). The molecule has 0 saturated carbocycles. The van der Waals surface area contributed by atoms with Crippen molar-refractivity contribution in [1.29, 1.82) is 0 Å². The number of carbonyl (C=O) groups is 1. The van der Waals surface area contributed by atoms with Crippen LogP contribution < -0.4 is 5.32 Å². The molecule has 0 heterocycles. The molecule has 1 N–H and O–H groups in total. The van der Waals surface area contributed by atoms with Crippen molar-refractivity contribution in [3.63, 3.8) is 0 Å². The van der Waals surface area contributed by atoms with Crippen LogP contribution in [0.25, 0.3) is 0 Å². The molecular formula is C19H20F3NOS. The standard InChI is InChI=1S/C19H20F3NOS/c1-3-13(2)14-7-9-16(10-8-14)23-18(24)12-25-17-6-4-5-15(11-17)19(20,21)22/h4-11,13H,3,12H2,1-2H3,(H,23,24)/t13-/m0/s1. The minimum Gasteiger partial charge on any atom is -0.325 e. The molecule has 6 heteroatoms. The van der Waals surface area contributed by atoms with Gasteiger partial charge in [0.05, 0.1) is 11.3 Å². The molecule has 2 nitrogen and oxygen atoms in total. The van der Waals surface area contributed by atoms with E-state index in [0.29, 0.717) is 16.5 Å². The topological polar surface area (TPSA) is 29.1 Å². The van der Waals surface area contributed by atoms with Gasteiger partial charge in [-0.05, 0) is 48.2 Å². The first-order valence-corrected chi connectivity index (χ1v) is 8.98. The number of alkyl halides is 3. The van der Waals surface area contributed by atoms with Gasteiger partial charge in [0.25, 0.3) is 0 Å². The molecule has 0 radical (unpaired) electrons. The summed E-state index contributed by atoms with van der Waals surface area (Å²) in [6.07, 6.45) is -3.34. The molecule has 0 aromatic heterocycles. The van der Waals surface area contributed by atoms with E-state index in [1.807, 2.05) is 24.3 Å². The van der Waals surface area contributed by atoms with E-state index in [1.54, 1.807) is 6.07 Å². The van der Waals surface area contributed by atoms with Crippen molar-refractivity contribution in [1.82, 2.24) is 0 Å². The first-order chi connectivity index (χ1) is 11.8. The highest BCUT2D eigenvalue weighted by atomic mass is 32.2. The number of benzene rings is 2. The number of thioether (sulfide) groups is 1. The highest BCUT2D eigenvalue weighted by Crippen LogP contribution is 2.31. The number of rotatable bonds is 6. The van der Waals surface area contributed by atoms with Gasteiger partial charge in [-0.3, -0.25) is 4.79 Å². The number of halogens is 3. The van der Waals surface area contributed by atoms with Gasteiger partial charge in [0.2, 0.25) is 5.91 Å². The van der Waals surface area contributed by atoms with Gasteiger partial charge in [-0.1, -0.05) is 32.0 Å². The van der Waals surface area contributed by atoms with Crippen molar-refractivity contribution in [2.45, 2.75) is 37.3 Å². The summed E-state index contributed by atoms with van der Waals surface area (Å²) in [5.41, 5.74) is 1.18. The normalized spacial score (nSPS) is 12.7. The average molecular weight is 367 g/mol. The predicted octanol–water partition coefficient (Wildman–Crippen LogP) is 5.95. The monoisotopic (exact) mass is 367 g/mol. The summed E-state index contributed by atoms with van der Waals surface area (Å²) in [4.78, 5) is 12.4. The van der Waals surface area contributed by atoms with Crippen LogP contribution in [-0.4, -0.2) is 11.7 Å². The van der Waals surface area contributed by atoms with Crippen LogP contribution in [0.1, 0.15) is 37.3 Å². The molecule has 1 atom stereocenters. The summed E-state index contributed by atoms with van der Waals surface area (Å²) in [5.74, 6) is 0.258. The Labute approximate surface area is 149 Å². The average Bonchev–Trinajstić information content (AvgIpc) is 2.59. The first-order valence-electron chi connectivity index (χ1n) is 7.99. The number of anilines is 1. The Hall–Kier alpha value is -1.95. The second kappa shape index (κ2) is 8.43. The van der Waals surface area contributed by atoms with Crippen LogP contribution in [0.15, 0.2) is 53.4 Å². The lowest BCUT2D eigenvalue weighted by Gasteiger charge is -2.11. The molecule has 25 heavy (non-hydrogen) atoms. The lowest BCUT2D eigenvalue weighted by atomic mass is 9.99. The van der Waals surface area contributed by atoms with E-state index in [-0.39, 0.29) is 11.7 Å². The molecule has 2 aromatic rings. The van der Waals surface area contributed by atoms with Gasteiger partial charge in [-0.2, -0.15) is 13.2 Å². The van der Waals surface area contributed by atoms with Crippen molar-refractivity contribution in [3.05, 3.63) is 59.7 Å². The van der Waals surface area contributed by atoms with E-state index in [4.69, 9.17) is 0 Å². The summed E-state index contributed by atoms with van der Waals surface area (Å²) in [6, 6.07) is 12.6. The van der Waals surface area contributed by atoms with Crippen molar-refractivity contribution in [2.75, 3.05) is 11.1 Å². The Morgan fingerprint density at radius 3 is 2.44 bits per heavy atom. The minimum atomic E-state index is -4.38. The number of hydrogen-bond donors (Lipinski definition) is 1. The third-order valence-corrected chi connectivity index (χ3v) is 4.90. The highest BCUT2D eigenvalue weighted by Gasteiger charge is 2.30. The predicted molar refractivity (Wildman–Crippen MR) is 95.9 cm³/mol. The second-order valence-corrected chi connectivity index (χ2v) is 6.84. The zero-order valence-corrected chi connectivity index (χ0v) is 14.9. The quantitative estimate of drug-likeness (QED) is 0.639. The van der Waals surface area contributed by atoms with E-state index in [1.165, 1.54) is 11.6 Å². The van der Waals surface area contributed by atoms with Gasteiger partial charge in [-0.25, -0.2) is 0 Å². The van der Waals surface area contributed by atoms with Crippen molar-refractivity contribution >= 4 is 23.4 Å². The largest absolute Gasteiger partial charge is 0.416 e. The molecule has 1 amide bonds. The molecule has 0 aliphatic rings. The van der Waals surface area contributed by atoms with Gasteiger partial charge in [-0.15, -0.1) is 11.8 Å². The molecule has 0 spiro atoms. The summed E-state index contributed by atoms with van der Waals surface area (Å²) in [5, 5.41) is 2.76. The third-order valence-electron chi connectivity index (χ3n) is 3.91. The molecular weight excluding hydrogens is 347 g/mol.